The van der Waals surface area contributed by atoms with Crippen LogP contribution in [-0.4, -0.2) is 17.6 Å². The second-order valence-electron chi connectivity index (χ2n) is 7.83. The van der Waals surface area contributed by atoms with Gasteiger partial charge in [-0.1, -0.05) is 62.8 Å². The van der Waals surface area contributed by atoms with Crippen molar-refractivity contribution in [1.82, 2.24) is 5.32 Å². The second-order valence-corrected chi connectivity index (χ2v) is 8.93. The molecule has 0 aromatic heterocycles. The van der Waals surface area contributed by atoms with Crippen molar-refractivity contribution in [2.75, 3.05) is 5.75 Å². The molecule has 0 aliphatic heterocycles. The molecular formula is C24H38N2OS. The third-order valence-corrected chi connectivity index (χ3v) is 6.12. The highest BCUT2D eigenvalue weighted by atomic mass is 32.2. The maximum atomic E-state index is 11.2. The van der Waals surface area contributed by atoms with E-state index in [2.05, 4.69) is 56.6 Å². The molecule has 0 fully saturated rings. The average molecular weight is 403 g/mol. The third kappa shape index (κ3) is 10.6. The summed E-state index contributed by atoms with van der Waals surface area (Å²) in [6.45, 7) is 13.9. The molecule has 1 rings (SSSR count). The van der Waals surface area contributed by atoms with Gasteiger partial charge in [0.05, 0.1) is 6.04 Å². The van der Waals surface area contributed by atoms with Crippen molar-refractivity contribution in [3.8, 4) is 0 Å². The predicted octanol–water partition coefficient (Wildman–Crippen LogP) is 5.74. The Kier molecular flexibility index (Phi) is 11.7. The maximum absolute atomic E-state index is 11.2. The summed E-state index contributed by atoms with van der Waals surface area (Å²) < 4.78 is 0. The number of hydrogen-bond donors (Lipinski definition) is 2. The van der Waals surface area contributed by atoms with Crippen LogP contribution < -0.4 is 11.1 Å². The number of nitrogens with two attached hydrogens (primary N) is 1. The fourth-order valence-electron chi connectivity index (χ4n) is 2.91. The van der Waals surface area contributed by atoms with Crippen molar-refractivity contribution in [2.45, 2.75) is 71.1 Å². The standard InChI is InChI=1S/C24H38N2OS/c1-18-10-14-23(15-11-18)17-28-16-8-6-7-9-24(21(4)25)26-22(5)19(2)12-13-20(3)27/h10-11,14-15,19,24,26H,4-9,12-13,16-17,25H2,1-3H3/t19-,24+/m1/s1. The molecule has 1 aromatic rings. The van der Waals surface area contributed by atoms with Gasteiger partial charge in [0, 0.05) is 23.6 Å². The van der Waals surface area contributed by atoms with Gasteiger partial charge in [-0.15, -0.1) is 0 Å². The van der Waals surface area contributed by atoms with Gasteiger partial charge in [-0.3, -0.25) is 0 Å². The molecule has 0 aliphatic carbocycles. The molecule has 1 aromatic carbocycles. The Balaban J connectivity index is 2.20. The number of rotatable bonds is 15. The predicted molar refractivity (Wildman–Crippen MR) is 124 cm³/mol. The van der Waals surface area contributed by atoms with Crippen LogP contribution in [0.2, 0.25) is 0 Å². The van der Waals surface area contributed by atoms with E-state index in [1.807, 2.05) is 11.8 Å². The fourth-order valence-corrected chi connectivity index (χ4v) is 3.89. The monoisotopic (exact) mass is 402 g/mol. The second kappa shape index (κ2) is 13.5. The van der Waals surface area contributed by atoms with Crippen molar-refractivity contribution in [1.29, 1.82) is 0 Å². The van der Waals surface area contributed by atoms with E-state index in [1.54, 1.807) is 6.92 Å². The maximum Gasteiger partial charge on any atom is 0.129 e. The number of hydrogen-bond acceptors (Lipinski definition) is 4. The fraction of sp³-hybridized carbons (Fsp3) is 0.542. The van der Waals surface area contributed by atoms with Gasteiger partial charge < -0.3 is 15.8 Å². The number of benzene rings is 1. The van der Waals surface area contributed by atoms with Crippen molar-refractivity contribution >= 4 is 17.5 Å². The van der Waals surface area contributed by atoms with Crippen LogP contribution in [0.5, 0.6) is 0 Å². The Morgan fingerprint density at radius 2 is 1.82 bits per heavy atom. The highest BCUT2D eigenvalue weighted by molar-refractivity contribution is 7.98. The number of nitrogens with one attached hydrogen (secondary N) is 1. The quantitative estimate of drug-likeness (QED) is 0.367. The average Bonchev–Trinajstić information content (AvgIpc) is 2.65. The first-order valence-corrected chi connectivity index (χ1v) is 11.5. The SMILES string of the molecule is C=C(N[C@@H](CCCCCSCc1ccc(C)cc1)C(=C)N)[C@H](C)CCC(C)=O. The number of carbonyl (C=O) groups excluding carboxylic acids is 1. The molecule has 3 nitrogen and oxygen atoms in total. The Bertz CT molecular complexity index is 624. The van der Waals surface area contributed by atoms with E-state index in [0.29, 0.717) is 12.1 Å². The van der Waals surface area contributed by atoms with Crippen LogP contribution >= 0.6 is 11.8 Å². The summed E-state index contributed by atoms with van der Waals surface area (Å²) in [4.78, 5) is 11.2. The van der Waals surface area contributed by atoms with Crippen LogP contribution in [0.25, 0.3) is 0 Å². The normalized spacial score (nSPS) is 13.0. The minimum atomic E-state index is 0.0625. The van der Waals surface area contributed by atoms with E-state index in [0.717, 1.165) is 30.7 Å². The summed E-state index contributed by atoms with van der Waals surface area (Å²) in [6, 6.07) is 8.85. The number of allylic oxidation sites excluding steroid dienone is 1. The topological polar surface area (TPSA) is 55.1 Å². The van der Waals surface area contributed by atoms with Crippen LogP contribution in [0.3, 0.4) is 0 Å². The Morgan fingerprint density at radius 1 is 1.14 bits per heavy atom. The molecular weight excluding hydrogens is 364 g/mol. The zero-order valence-corrected chi connectivity index (χ0v) is 18.7. The molecule has 0 bridgehead atoms. The van der Waals surface area contributed by atoms with Crippen molar-refractivity contribution in [2.24, 2.45) is 11.7 Å². The van der Waals surface area contributed by atoms with E-state index in [9.17, 15) is 4.79 Å². The van der Waals surface area contributed by atoms with Gasteiger partial charge in [0.25, 0.3) is 0 Å². The number of Topliss-reactive ketones (excluding diaryl/α,β-unsaturated/α-hetero) is 1. The smallest absolute Gasteiger partial charge is 0.129 e. The van der Waals surface area contributed by atoms with E-state index in [1.165, 1.54) is 29.7 Å². The van der Waals surface area contributed by atoms with E-state index in [4.69, 9.17) is 5.73 Å². The number of thioether (sulfide) groups is 1. The third-order valence-electron chi connectivity index (χ3n) is 5.00. The van der Waals surface area contributed by atoms with Gasteiger partial charge in [-0.25, -0.2) is 0 Å². The van der Waals surface area contributed by atoms with Gasteiger partial charge in [0.2, 0.25) is 0 Å². The lowest BCUT2D eigenvalue weighted by Gasteiger charge is -2.24. The largest absolute Gasteiger partial charge is 0.401 e. The van der Waals surface area contributed by atoms with Gasteiger partial charge >= 0.3 is 0 Å². The number of unbranched alkanes of at least 4 members (excludes halogenated alkanes) is 2. The molecule has 0 saturated heterocycles. The van der Waals surface area contributed by atoms with Crippen LogP contribution in [0, 0.1) is 12.8 Å². The molecule has 3 N–H and O–H groups in total. The molecule has 0 heterocycles. The van der Waals surface area contributed by atoms with E-state index < -0.39 is 0 Å². The lowest BCUT2D eigenvalue weighted by atomic mass is 9.99. The van der Waals surface area contributed by atoms with Gasteiger partial charge in [0.1, 0.15) is 5.78 Å². The molecule has 0 unspecified atom stereocenters. The van der Waals surface area contributed by atoms with E-state index >= 15 is 0 Å². The minimum Gasteiger partial charge on any atom is -0.401 e. The van der Waals surface area contributed by atoms with Crippen LogP contribution in [-0.2, 0) is 10.5 Å². The summed E-state index contributed by atoms with van der Waals surface area (Å²) in [5.41, 5.74) is 10.3. The molecule has 28 heavy (non-hydrogen) atoms. The molecule has 0 saturated carbocycles. The first-order chi connectivity index (χ1) is 13.3. The molecule has 0 aliphatic rings. The number of carbonyl (C=O) groups is 1. The first kappa shape index (κ1) is 24.4. The highest BCUT2D eigenvalue weighted by Crippen LogP contribution is 2.18. The zero-order chi connectivity index (χ0) is 20.9. The molecule has 0 amide bonds. The lowest BCUT2D eigenvalue weighted by Crippen LogP contribution is -2.34. The van der Waals surface area contributed by atoms with Gasteiger partial charge in [0.15, 0.2) is 0 Å². The molecule has 2 atom stereocenters. The summed E-state index contributed by atoms with van der Waals surface area (Å²) >= 11 is 2.00. The summed E-state index contributed by atoms with van der Waals surface area (Å²) in [5.74, 6) is 2.75. The molecule has 0 radical (unpaired) electrons. The Morgan fingerprint density at radius 3 is 2.43 bits per heavy atom. The van der Waals surface area contributed by atoms with Crippen LogP contribution in [0.4, 0.5) is 0 Å². The van der Waals surface area contributed by atoms with Crippen molar-refractivity contribution in [3.63, 3.8) is 0 Å². The first-order valence-electron chi connectivity index (χ1n) is 10.3. The van der Waals surface area contributed by atoms with Crippen LogP contribution in [0.1, 0.15) is 63.5 Å². The number of aryl methyl sites for hydroxylation is 1. The van der Waals surface area contributed by atoms with Crippen molar-refractivity contribution in [3.05, 3.63) is 59.9 Å². The Hall–Kier alpha value is -1.68. The number of ketones is 1. The molecule has 4 heteroatoms. The van der Waals surface area contributed by atoms with Gasteiger partial charge in [-0.2, -0.15) is 11.8 Å². The zero-order valence-electron chi connectivity index (χ0n) is 17.9. The lowest BCUT2D eigenvalue weighted by molar-refractivity contribution is -0.117. The Labute approximate surface area is 176 Å². The minimum absolute atomic E-state index is 0.0625. The highest BCUT2D eigenvalue weighted by Gasteiger charge is 2.14. The summed E-state index contributed by atoms with van der Waals surface area (Å²) in [6.07, 6.45) is 5.92. The summed E-state index contributed by atoms with van der Waals surface area (Å²) in [5, 5.41) is 3.43. The van der Waals surface area contributed by atoms with Crippen molar-refractivity contribution < 1.29 is 4.79 Å². The molecule has 0 spiro atoms. The van der Waals surface area contributed by atoms with Crippen LogP contribution in [0.15, 0.2) is 48.8 Å². The van der Waals surface area contributed by atoms with Gasteiger partial charge in [-0.05, 0) is 50.3 Å². The molecule has 156 valence electrons. The van der Waals surface area contributed by atoms with E-state index in [-0.39, 0.29) is 17.7 Å². The summed E-state index contributed by atoms with van der Waals surface area (Å²) in [7, 11) is 0.